The third kappa shape index (κ3) is 7.86. The van der Waals surface area contributed by atoms with Crippen molar-refractivity contribution in [2.75, 3.05) is 33.8 Å². The van der Waals surface area contributed by atoms with Gasteiger partial charge in [0.25, 0.3) is 5.91 Å². The maximum absolute atomic E-state index is 13.0. The van der Waals surface area contributed by atoms with E-state index in [1.165, 1.54) is 44.8 Å². The van der Waals surface area contributed by atoms with E-state index in [9.17, 15) is 19.2 Å². The lowest BCUT2D eigenvalue weighted by Gasteiger charge is -2.27. The van der Waals surface area contributed by atoms with Crippen LogP contribution in [0.2, 0.25) is 0 Å². The number of aldehydes is 1. The van der Waals surface area contributed by atoms with Crippen LogP contribution < -0.4 is 0 Å². The number of aryl methyl sites for hydroxylation is 1. The molecule has 0 aromatic carbocycles. The first kappa shape index (κ1) is 27.4. The van der Waals surface area contributed by atoms with Crippen LogP contribution in [0.5, 0.6) is 0 Å². The van der Waals surface area contributed by atoms with Crippen molar-refractivity contribution in [2.45, 2.75) is 39.2 Å². The van der Waals surface area contributed by atoms with Gasteiger partial charge in [0.15, 0.2) is 6.29 Å². The van der Waals surface area contributed by atoms with Gasteiger partial charge in [-0.05, 0) is 51.8 Å². The Morgan fingerprint density at radius 2 is 2.15 bits per heavy atom. The summed E-state index contributed by atoms with van der Waals surface area (Å²) in [5, 5.41) is 19.1. The summed E-state index contributed by atoms with van der Waals surface area (Å²) in [6.07, 6.45) is 12.4. The van der Waals surface area contributed by atoms with Gasteiger partial charge in [-0.25, -0.2) is 14.4 Å². The third-order valence-corrected chi connectivity index (χ3v) is 5.75. The van der Waals surface area contributed by atoms with Crippen molar-refractivity contribution in [1.29, 1.82) is 0 Å². The summed E-state index contributed by atoms with van der Waals surface area (Å²) in [7, 11) is 3.32. The van der Waals surface area contributed by atoms with Gasteiger partial charge in [-0.2, -0.15) is 0 Å². The van der Waals surface area contributed by atoms with E-state index in [-0.39, 0.29) is 17.9 Å². The Bertz CT molecular complexity index is 1020. The number of nitrogens with zero attached hydrogens (tertiary/aromatic N) is 4. The molecule has 8 nitrogen and oxygen atoms in total. The first-order valence-electron chi connectivity index (χ1n) is 11.5. The van der Waals surface area contributed by atoms with E-state index in [1.807, 2.05) is 10.6 Å². The Morgan fingerprint density at radius 1 is 1.38 bits per heavy atom. The SMILES string of the molecule is C/C=C(/F)C/C=C\CCn1cc(C=O)c2cc(C(=O)N(C)O)ncc21.CN1CCCC(CO)C1. The summed E-state index contributed by atoms with van der Waals surface area (Å²) >= 11 is 0. The number of hydrogen-bond acceptors (Lipinski definition) is 6. The van der Waals surface area contributed by atoms with Crippen LogP contribution in [0.1, 0.15) is 53.5 Å². The highest BCUT2D eigenvalue weighted by atomic mass is 19.1. The number of aromatic nitrogens is 2. The Labute approximate surface area is 199 Å². The molecule has 0 aliphatic carbocycles. The number of rotatable bonds is 8. The molecule has 1 aliphatic heterocycles. The zero-order valence-corrected chi connectivity index (χ0v) is 20.2. The molecule has 1 amide bonds. The van der Waals surface area contributed by atoms with Gasteiger partial charge in [0.05, 0.1) is 17.5 Å². The molecule has 0 saturated carbocycles. The second-order valence-corrected chi connectivity index (χ2v) is 8.46. The van der Waals surface area contributed by atoms with Crippen LogP contribution in [0.3, 0.4) is 0 Å². The number of halogens is 1. The standard InChI is InChI=1S/C18H20FN3O3.C7H15NO/c1-3-14(19)7-5-4-6-8-22-11-13(12-23)15-9-16(18(24)21(2)25)20-10-17(15)22;1-8-4-2-3-7(5-8)6-9/h3-5,9-12,25H,6-8H2,1-2H3;7,9H,2-6H2,1H3/b5-4-,14-3+;. The average Bonchev–Trinajstić information content (AvgIpc) is 3.20. The molecule has 1 aliphatic rings. The smallest absolute Gasteiger partial charge is 0.295 e. The van der Waals surface area contributed by atoms with E-state index in [0.29, 0.717) is 53.3 Å². The van der Waals surface area contributed by atoms with Gasteiger partial charge in [0, 0.05) is 50.3 Å². The van der Waals surface area contributed by atoms with E-state index in [2.05, 4.69) is 16.9 Å². The molecule has 0 bridgehead atoms. The predicted molar refractivity (Wildman–Crippen MR) is 130 cm³/mol. The number of fused-ring (bicyclic) bond motifs is 1. The van der Waals surface area contributed by atoms with E-state index in [1.54, 1.807) is 19.2 Å². The van der Waals surface area contributed by atoms with Crippen molar-refractivity contribution >= 4 is 23.1 Å². The van der Waals surface area contributed by atoms with Gasteiger partial charge in [0.1, 0.15) is 5.69 Å². The normalized spacial score (nSPS) is 17.0. The highest BCUT2D eigenvalue weighted by Gasteiger charge is 2.16. The number of carbonyl (C=O) groups excluding carboxylic acids is 2. The van der Waals surface area contributed by atoms with Crippen LogP contribution in [-0.2, 0) is 6.54 Å². The molecule has 1 saturated heterocycles. The summed E-state index contributed by atoms with van der Waals surface area (Å²) in [6, 6.07) is 1.49. The molecule has 3 rings (SSSR count). The van der Waals surface area contributed by atoms with Crippen LogP contribution in [0.4, 0.5) is 4.39 Å². The lowest BCUT2D eigenvalue weighted by molar-refractivity contribution is -0.0379. The number of allylic oxidation sites excluding steroid dienone is 4. The Balaban J connectivity index is 0.000000379. The lowest BCUT2D eigenvalue weighted by Crippen LogP contribution is -2.33. The maximum Gasteiger partial charge on any atom is 0.295 e. The topological polar surface area (TPSA) is 98.9 Å². The predicted octanol–water partition coefficient (Wildman–Crippen LogP) is 3.84. The molecule has 34 heavy (non-hydrogen) atoms. The molecule has 2 N–H and O–H groups in total. The fourth-order valence-corrected chi connectivity index (χ4v) is 3.84. The van der Waals surface area contributed by atoms with Gasteiger partial charge < -0.3 is 14.6 Å². The summed E-state index contributed by atoms with van der Waals surface area (Å²) in [6.45, 7) is 4.89. The van der Waals surface area contributed by atoms with Crippen LogP contribution in [0.15, 0.2) is 42.5 Å². The van der Waals surface area contributed by atoms with Crippen molar-refractivity contribution in [3.8, 4) is 0 Å². The van der Waals surface area contributed by atoms with Crippen LogP contribution in [0, 0.1) is 5.92 Å². The molecule has 186 valence electrons. The number of aliphatic hydroxyl groups excluding tert-OH is 1. The van der Waals surface area contributed by atoms with E-state index >= 15 is 0 Å². The zero-order valence-electron chi connectivity index (χ0n) is 20.2. The second-order valence-electron chi connectivity index (χ2n) is 8.46. The maximum atomic E-state index is 13.0. The summed E-state index contributed by atoms with van der Waals surface area (Å²) in [5.41, 5.74) is 1.21. The van der Waals surface area contributed by atoms with Gasteiger partial charge in [-0.1, -0.05) is 18.2 Å². The molecule has 0 radical (unpaired) electrons. The number of aliphatic hydroxyl groups is 1. The lowest BCUT2D eigenvalue weighted by atomic mass is 10.00. The number of pyridine rings is 1. The Hall–Kier alpha value is -2.88. The molecule has 1 fully saturated rings. The number of carbonyl (C=O) groups is 2. The van der Waals surface area contributed by atoms with Crippen molar-refractivity contribution < 1.29 is 24.3 Å². The molecule has 1 atom stereocenters. The molecule has 9 heteroatoms. The van der Waals surface area contributed by atoms with E-state index in [0.717, 1.165) is 6.54 Å². The first-order valence-corrected chi connectivity index (χ1v) is 11.5. The summed E-state index contributed by atoms with van der Waals surface area (Å²) < 4.78 is 14.9. The molecule has 0 spiro atoms. The first-order chi connectivity index (χ1) is 16.3. The average molecular weight is 475 g/mol. The van der Waals surface area contributed by atoms with Gasteiger partial charge in [0.2, 0.25) is 0 Å². The monoisotopic (exact) mass is 474 g/mol. The quantitative estimate of drug-likeness (QED) is 0.261. The molecular formula is C25H35FN4O4. The fourth-order valence-electron chi connectivity index (χ4n) is 3.84. The largest absolute Gasteiger partial charge is 0.396 e. The number of hydroxylamine groups is 2. The molecule has 3 heterocycles. The van der Waals surface area contributed by atoms with Crippen molar-refractivity contribution in [1.82, 2.24) is 19.5 Å². The van der Waals surface area contributed by atoms with E-state index < -0.39 is 5.91 Å². The molecule has 1 unspecified atom stereocenters. The zero-order chi connectivity index (χ0) is 25.1. The minimum atomic E-state index is -0.652. The fraction of sp³-hybridized carbons (Fsp3) is 0.480. The van der Waals surface area contributed by atoms with Crippen LogP contribution >= 0.6 is 0 Å². The van der Waals surface area contributed by atoms with E-state index in [4.69, 9.17) is 5.11 Å². The van der Waals surface area contributed by atoms with Crippen molar-refractivity contribution in [2.24, 2.45) is 5.92 Å². The van der Waals surface area contributed by atoms with Gasteiger partial charge in [-0.3, -0.25) is 14.8 Å². The molecule has 2 aromatic rings. The Kier molecular flexibility index (Phi) is 11.1. The number of hydrogen-bond donors (Lipinski definition) is 2. The van der Waals surface area contributed by atoms with Crippen LogP contribution in [-0.4, -0.2) is 75.8 Å². The number of piperidine rings is 1. The van der Waals surface area contributed by atoms with Gasteiger partial charge in [-0.15, -0.1) is 0 Å². The minimum absolute atomic E-state index is 0.0556. The summed E-state index contributed by atoms with van der Waals surface area (Å²) in [5.74, 6) is -0.287. The third-order valence-electron chi connectivity index (χ3n) is 5.75. The number of likely N-dealkylation sites (tertiary alicyclic amines) is 1. The molecule has 2 aromatic heterocycles. The molecular weight excluding hydrogens is 439 g/mol. The van der Waals surface area contributed by atoms with Crippen molar-refractivity contribution in [3.63, 3.8) is 0 Å². The summed E-state index contributed by atoms with van der Waals surface area (Å²) in [4.78, 5) is 29.4. The van der Waals surface area contributed by atoms with Gasteiger partial charge >= 0.3 is 0 Å². The minimum Gasteiger partial charge on any atom is -0.396 e. The second kappa shape index (κ2) is 13.7. The Morgan fingerprint density at radius 3 is 2.74 bits per heavy atom. The van der Waals surface area contributed by atoms with Crippen molar-refractivity contribution in [3.05, 3.63) is 53.8 Å². The highest BCUT2D eigenvalue weighted by molar-refractivity contribution is 6.01. The van der Waals surface area contributed by atoms with Crippen LogP contribution in [0.25, 0.3) is 10.9 Å². The highest BCUT2D eigenvalue weighted by Crippen LogP contribution is 2.21. The number of amides is 1.